The lowest BCUT2D eigenvalue weighted by molar-refractivity contribution is -0.383. The molecule has 0 radical (unpaired) electrons. The Morgan fingerprint density at radius 1 is 1.32 bits per heavy atom. The number of hydrogen-bond donors (Lipinski definition) is 2. The third kappa shape index (κ3) is 3.00. The first-order chi connectivity index (χ1) is 9.18. The van der Waals surface area contributed by atoms with Gasteiger partial charge in [-0.2, -0.15) is 5.10 Å². The van der Waals surface area contributed by atoms with Crippen LogP contribution in [0.15, 0.2) is 41.8 Å². The van der Waals surface area contributed by atoms with Gasteiger partial charge in [-0.15, -0.1) is 0 Å². The number of hydrazone groups is 1. The Bertz CT molecular complexity index is 614. The summed E-state index contributed by atoms with van der Waals surface area (Å²) >= 11 is 0. The van der Waals surface area contributed by atoms with E-state index in [1.54, 1.807) is 0 Å². The van der Waals surface area contributed by atoms with Gasteiger partial charge < -0.3 is 5.73 Å². The zero-order chi connectivity index (χ0) is 13.7. The van der Waals surface area contributed by atoms with Crippen molar-refractivity contribution >= 4 is 23.5 Å². The maximum atomic E-state index is 10.8. The Morgan fingerprint density at radius 2 is 2.05 bits per heavy atom. The summed E-state index contributed by atoms with van der Waals surface area (Å²) in [6.45, 7) is 0. The number of nitrogens with two attached hydrogens (primary N) is 1. The van der Waals surface area contributed by atoms with Gasteiger partial charge >= 0.3 is 5.69 Å². The summed E-state index contributed by atoms with van der Waals surface area (Å²) in [5.74, 6) is -0.262. The number of rotatable bonds is 4. The molecule has 19 heavy (non-hydrogen) atoms. The number of nitrogens with one attached hydrogen (secondary N) is 1. The lowest BCUT2D eigenvalue weighted by atomic mass is 10.2. The molecule has 96 valence electrons. The maximum Gasteiger partial charge on any atom is 0.354 e. The molecule has 8 nitrogen and oxygen atoms in total. The van der Waals surface area contributed by atoms with Crippen molar-refractivity contribution < 1.29 is 4.92 Å². The van der Waals surface area contributed by atoms with Crippen molar-refractivity contribution in [3.8, 4) is 0 Å². The Hall–Kier alpha value is -3.03. The van der Waals surface area contributed by atoms with Crippen molar-refractivity contribution in [2.24, 2.45) is 5.10 Å². The average molecular weight is 258 g/mol. The molecule has 0 aliphatic rings. The van der Waals surface area contributed by atoms with Crippen molar-refractivity contribution in [1.29, 1.82) is 0 Å². The van der Waals surface area contributed by atoms with Crippen LogP contribution < -0.4 is 11.2 Å². The Labute approximate surface area is 108 Å². The predicted molar refractivity (Wildman–Crippen MR) is 70.8 cm³/mol. The number of nitrogens with zero attached hydrogens (tertiary/aromatic N) is 4. The van der Waals surface area contributed by atoms with Crippen molar-refractivity contribution in [2.45, 2.75) is 0 Å². The molecule has 1 aromatic carbocycles. The molecule has 2 aromatic rings. The first kappa shape index (κ1) is 12.4. The summed E-state index contributed by atoms with van der Waals surface area (Å²) in [7, 11) is 0. The second-order valence-electron chi connectivity index (χ2n) is 3.49. The third-order valence-electron chi connectivity index (χ3n) is 2.22. The van der Waals surface area contributed by atoms with E-state index in [0.717, 1.165) is 11.9 Å². The van der Waals surface area contributed by atoms with Crippen LogP contribution in [-0.2, 0) is 0 Å². The van der Waals surface area contributed by atoms with Crippen LogP contribution in [0.5, 0.6) is 0 Å². The van der Waals surface area contributed by atoms with Crippen molar-refractivity contribution in [2.75, 3.05) is 11.2 Å². The van der Waals surface area contributed by atoms with Crippen molar-refractivity contribution in [3.05, 3.63) is 52.3 Å². The lowest BCUT2D eigenvalue weighted by Gasteiger charge is -2.01. The third-order valence-corrected chi connectivity index (χ3v) is 2.22. The number of nitro groups is 1. The highest BCUT2D eigenvalue weighted by atomic mass is 16.6. The molecule has 1 heterocycles. The lowest BCUT2D eigenvalue weighted by Crippen LogP contribution is -2.04. The maximum absolute atomic E-state index is 10.8. The van der Waals surface area contributed by atoms with Crippen molar-refractivity contribution in [1.82, 2.24) is 9.97 Å². The van der Waals surface area contributed by atoms with E-state index in [2.05, 4.69) is 20.5 Å². The molecule has 0 spiro atoms. The van der Waals surface area contributed by atoms with Gasteiger partial charge in [0.15, 0.2) is 0 Å². The van der Waals surface area contributed by atoms with E-state index in [1.807, 2.05) is 30.3 Å². The molecular formula is C11H10N6O2. The number of anilines is 2. The molecule has 3 N–H and O–H groups in total. The van der Waals surface area contributed by atoms with Crippen LogP contribution in [0.4, 0.5) is 17.3 Å². The average Bonchev–Trinajstić information content (AvgIpc) is 2.39. The molecule has 0 saturated carbocycles. The first-order valence-electron chi connectivity index (χ1n) is 5.27. The molecule has 0 aliphatic carbocycles. The normalized spacial score (nSPS) is 10.5. The van der Waals surface area contributed by atoms with Gasteiger partial charge in [0.25, 0.3) is 0 Å². The summed E-state index contributed by atoms with van der Waals surface area (Å²) in [6, 6.07) is 9.27. The zero-order valence-electron chi connectivity index (χ0n) is 9.72. The van der Waals surface area contributed by atoms with Crippen LogP contribution in [0.2, 0.25) is 0 Å². The smallest absolute Gasteiger partial charge is 0.354 e. The monoisotopic (exact) mass is 258 g/mol. The summed E-state index contributed by atoms with van der Waals surface area (Å²) in [5.41, 5.74) is 8.35. The van der Waals surface area contributed by atoms with Gasteiger partial charge in [0, 0.05) is 0 Å². The van der Waals surface area contributed by atoms with E-state index in [1.165, 1.54) is 6.21 Å². The summed E-state index contributed by atoms with van der Waals surface area (Å²) in [4.78, 5) is 17.5. The number of aromatic nitrogens is 2. The van der Waals surface area contributed by atoms with Gasteiger partial charge in [0.05, 0.1) is 11.1 Å². The molecule has 0 bridgehead atoms. The second kappa shape index (κ2) is 5.54. The van der Waals surface area contributed by atoms with Gasteiger partial charge in [0.2, 0.25) is 11.6 Å². The number of nitrogen functional groups attached to an aromatic ring is 1. The Kier molecular flexibility index (Phi) is 3.62. The Balaban J connectivity index is 2.18. The van der Waals surface area contributed by atoms with E-state index in [4.69, 9.17) is 5.73 Å². The molecule has 0 saturated heterocycles. The molecular weight excluding hydrogens is 248 g/mol. The van der Waals surface area contributed by atoms with Gasteiger partial charge in [-0.3, -0.25) is 15.5 Å². The van der Waals surface area contributed by atoms with Crippen LogP contribution in [0.1, 0.15) is 5.56 Å². The zero-order valence-corrected chi connectivity index (χ0v) is 9.72. The van der Waals surface area contributed by atoms with Gasteiger partial charge in [-0.25, -0.2) is 9.97 Å². The quantitative estimate of drug-likeness (QED) is 0.486. The first-order valence-corrected chi connectivity index (χ1v) is 5.27. The minimum Gasteiger partial charge on any atom is -0.378 e. The van der Waals surface area contributed by atoms with Crippen LogP contribution in [0, 0.1) is 10.1 Å². The highest BCUT2D eigenvalue weighted by Crippen LogP contribution is 2.25. The molecule has 1 aromatic heterocycles. The fraction of sp³-hybridized carbons (Fsp3) is 0. The molecule has 0 unspecified atom stereocenters. The van der Waals surface area contributed by atoms with Crippen LogP contribution >= 0.6 is 0 Å². The van der Waals surface area contributed by atoms with E-state index in [-0.39, 0.29) is 11.6 Å². The minimum absolute atomic E-state index is 0.0512. The highest BCUT2D eigenvalue weighted by Gasteiger charge is 2.20. The largest absolute Gasteiger partial charge is 0.378 e. The van der Waals surface area contributed by atoms with E-state index in [0.29, 0.717) is 0 Å². The number of hydrogen-bond acceptors (Lipinski definition) is 7. The SMILES string of the molecule is Nc1ncnc(N/N=C\c2ccccc2)c1[N+](=O)[O-]. The topological polar surface area (TPSA) is 119 Å². The molecule has 0 amide bonds. The standard InChI is InChI=1S/C11H10N6O2/c12-10-9(17(18)19)11(14-7-13-10)16-15-6-8-4-2-1-3-5-8/h1-7H,(H3,12,13,14,16)/b15-6-. The fourth-order valence-corrected chi connectivity index (χ4v) is 1.36. The Morgan fingerprint density at radius 3 is 2.74 bits per heavy atom. The minimum atomic E-state index is -0.657. The summed E-state index contributed by atoms with van der Waals surface area (Å²) in [6.07, 6.45) is 2.64. The second-order valence-corrected chi connectivity index (χ2v) is 3.49. The van der Waals surface area contributed by atoms with Crippen LogP contribution in [-0.4, -0.2) is 21.1 Å². The highest BCUT2D eigenvalue weighted by molar-refractivity contribution is 5.80. The van der Waals surface area contributed by atoms with Crippen molar-refractivity contribution in [3.63, 3.8) is 0 Å². The molecule has 2 rings (SSSR count). The van der Waals surface area contributed by atoms with Crippen LogP contribution in [0.25, 0.3) is 0 Å². The predicted octanol–water partition coefficient (Wildman–Crippen LogP) is 1.41. The van der Waals surface area contributed by atoms with E-state index in [9.17, 15) is 10.1 Å². The van der Waals surface area contributed by atoms with Gasteiger partial charge in [0.1, 0.15) is 6.33 Å². The summed E-state index contributed by atoms with van der Waals surface area (Å²) in [5, 5.41) is 14.7. The number of benzene rings is 1. The molecule has 0 aliphatic heterocycles. The van der Waals surface area contributed by atoms with Gasteiger partial charge in [-0.1, -0.05) is 30.3 Å². The fourth-order valence-electron chi connectivity index (χ4n) is 1.36. The molecule has 0 fully saturated rings. The van der Waals surface area contributed by atoms with Gasteiger partial charge in [-0.05, 0) is 5.56 Å². The van der Waals surface area contributed by atoms with Crippen LogP contribution in [0.3, 0.4) is 0 Å². The summed E-state index contributed by atoms with van der Waals surface area (Å²) < 4.78 is 0. The van der Waals surface area contributed by atoms with E-state index < -0.39 is 10.6 Å². The molecule has 0 atom stereocenters. The molecule has 8 heteroatoms. The van der Waals surface area contributed by atoms with E-state index >= 15 is 0 Å².